The number of para-hydroxylation sites is 1. The van der Waals surface area contributed by atoms with Crippen LogP contribution in [0, 0.1) is 11.8 Å². The summed E-state index contributed by atoms with van der Waals surface area (Å²) in [7, 11) is -4.26. The molecule has 7 N–H and O–H groups in total. The Labute approximate surface area is 235 Å². The molecule has 0 amide bonds. The summed E-state index contributed by atoms with van der Waals surface area (Å²) in [5.41, 5.74) is 10.3. The number of nitrogen functional groups attached to an aromatic ring is 1. The van der Waals surface area contributed by atoms with Gasteiger partial charge in [0.2, 0.25) is 5.95 Å². The Balaban J connectivity index is 1.62. The highest BCUT2D eigenvalue weighted by atomic mass is 31.2. The van der Waals surface area contributed by atoms with Gasteiger partial charge in [0, 0.05) is 6.20 Å². The number of carbonyl (C=O) groups is 1. The molecule has 1 saturated heterocycles. The number of nitrogens with one attached hydrogen (secondary N) is 2. The molecule has 1 unspecified atom stereocenters. The molecular weight excluding hydrogens is 555 g/mol. The van der Waals surface area contributed by atoms with Crippen LogP contribution in [0.4, 0.5) is 5.95 Å². The largest absolute Gasteiger partial charge is 0.462 e. The van der Waals surface area contributed by atoms with Crippen molar-refractivity contribution in [2.75, 3.05) is 12.3 Å². The topological polar surface area (TPSA) is 206 Å². The Morgan fingerprint density at radius 1 is 1.32 bits per heavy atom. The van der Waals surface area contributed by atoms with E-state index in [0.29, 0.717) is 0 Å². The van der Waals surface area contributed by atoms with E-state index in [2.05, 4.69) is 26.9 Å². The third-order valence-electron chi connectivity index (χ3n) is 6.18. The van der Waals surface area contributed by atoms with E-state index < -0.39 is 62.0 Å². The normalized spacial score (nSPS) is 24.4. The molecular formula is C26H33N6O8P. The number of anilines is 1. The molecule has 0 saturated carbocycles. The number of aliphatic hydroxyl groups is 1. The van der Waals surface area contributed by atoms with E-state index in [1.807, 2.05) is 0 Å². The van der Waals surface area contributed by atoms with Gasteiger partial charge in [-0.1, -0.05) is 24.1 Å². The number of nitrogens with two attached hydrogens (primary N) is 2. The first-order chi connectivity index (χ1) is 19.4. The maximum absolute atomic E-state index is 13.9. The monoisotopic (exact) mass is 588 g/mol. The quantitative estimate of drug-likeness (QED) is 0.130. The number of hydrogen-bond acceptors (Lipinski definition) is 11. The molecule has 0 radical (unpaired) electrons. The lowest BCUT2D eigenvalue weighted by atomic mass is 9.91. The van der Waals surface area contributed by atoms with E-state index in [1.54, 1.807) is 51.1 Å². The summed E-state index contributed by atoms with van der Waals surface area (Å²) in [6, 6.07) is 8.64. The number of hydrogen-bond donors (Lipinski definition) is 5. The predicted molar refractivity (Wildman–Crippen MR) is 150 cm³/mol. The Morgan fingerprint density at radius 3 is 2.68 bits per heavy atom. The first kappa shape index (κ1) is 30.3. The van der Waals surface area contributed by atoms with Crippen molar-refractivity contribution in [2.45, 2.75) is 63.8 Å². The molecule has 220 valence electrons. The third-order valence-corrected chi connectivity index (χ3v) is 7.83. The number of carbonyl (C=O) groups excluding carboxylic acids is 1. The first-order valence-electron chi connectivity index (χ1n) is 12.8. The van der Waals surface area contributed by atoms with Crippen LogP contribution in [0.15, 0.2) is 47.4 Å². The second-order valence-electron chi connectivity index (χ2n) is 9.73. The first-order valence-corrected chi connectivity index (χ1v) is 14.3. The summed E-state index contributed by atoms with van der Waals surface area (Å²) in [5, 5.41) is 14.1. The lowest BCUT2D eigenvalue weighted by Gasteiger charge is -2.28. The molecule has 2 aromatic heterocycles. The van der Waals surface area contributed by atoms with Gasteiger partial charge in [-0.15, -0.1) is 5.92 Å². The number of ether oxygens (including phenoxy) is 2. The van der Waals surface area contributed by atoms with Crippen molar-refractivity contribution in [2.24, 2.45) is 5.73 Å². The van der Waals surface area contributed by atoms with E-state index in [4.69, 9.17) is 30.0 Å². The number of fused-ring (bicyclic) bond motifs is 1. The molecule has 1 aliphatic heterocycles. The van der Waals surface area contributed by atoms with Crippen molar-refractivity contribution >= 4 is 30.7 Å². The van der Waals surface area contributed by atoms with Gasteiger partial charge in [0.1, 0.15) is 24.0 Å². The predicted octanol–water partition coefficient (Wildman–Crippen LogP) is 1.42. The summed E-state index contributed by atoms with van der Waals surface area (Å²) >= 11 is 0. The smallest absolute Gasteiger partial charge is 0.459 e. The van der Waals surface area contributed by atoms with Crippen LogP contribution in [-0.2, 0) is 23.4 Å². The number of benzene rings is 1. The second kappa shape index (κ2) is 12.0. The summed E-state index contributed by atoms with van der Waals surface area (Å²) in [4.78, 5) is 31.4. The van der Waals surface area contributed by atoms with Gasteiger partial charge in [-0.25, -0.2) is 4.57 Å². The molecule has 1 aliphatic rings. The van der Waals surface area contributed by atoms with E-state index in [9.17, 15) is 19.3 Å². The molecule has 1 fully saturated rings. The zero-order valence-electron chi connectivity index (χ0n) is 22.9. The zero-order valence-corrected chi connectivity index (χ0v) is 23.8. The van der Waals surface area contributed by atoms with Crippen LogP contribution in [-0.4, -0.2) is 62.1 Å². The minimum atomic E-state index is -4.26. The SMILES string of the molecule is CC#C[C@@]1(N)[C@@H](O)[C@@H](COP(=O)(N[C@@H](C)C(=O)OC(C)C)Oc2ccccc2)O[C@H]1n1ccc2c(=O)[nH]c(N)nc21. The van der Waals surface area contributed by atoms with E-state index in [0.717, 1.165) is 0 Å². The van der Waals surface area contributed by atoms with Crippen molar-refractivity contribution in [1.29, 1.82) is 0 Å². The number of esters is 1. The van der Waals surface area contributed by atoms with Gasteiger partial charge in [-0.3, -0.25) is 19.1 Å². The van der Waals surface area contributed by atoms with Crippen molar-refractivity contribution in [1.82, 2.24) is 19.6 Å². The Bertz CT molecular complexity index is 1560. The van der Waals surface area contributed by atoms with Crippen LogP contribution >= 0.6 is 7.75 Å². The average Bonchev–Trinajstić information content (AvgIpc) is 3.42. The maximum atomic E-state index is 13.9. The minimum Gasteiger partial charge on any atom is -0.462 e. The summed E-state index contributed by atoms with van der Waals surface area (Å²) < 4.78 is 38.0. The maximum Gasteiger partial charge on any atom is 0.459 e. The zero-order chi connectivity index (χ0) is 29.9. The number of rotatable bonds is 10. The highest BCUT2D eigenvalue weighted by molar-refractivity contribution is 7.52. The molecule has 3 heterocycles. The van der Waals surface area contributed by atoms with Crippen LogP contribution in [0.5, 0.6) is 5.75 Å². The van der Waals surface area contributed by atoms with Crippen LogP contribution in [0.1, 0.15) is 33.9 Å². The fraction of sp³-hybridized carbons (Fsp3) is 0.423. The lowest BCUT2D eigenvalue weighted by Crippen LogP contribution is -2.53. The Morgan fingerprint density at radius 2 is 2.02 bits per heavy atom. The molecule has 6 atom stereocenters. The third kappa shape index (κ3) is 6.46. The molecule has 4 rings (SSSR count). The minimum absolute atomic E-state index is 0.125. The molecule has 3 aromatic rings. The van der Waals surface area contributed by atoms with Crippen molar-refractivity contribution < 1.29 is 33.0 Å². The molecule has 15 heteroatoms. The molecule has 41 heavy (non-hydrogen) atoms. The van der Waals surface area contributed by atoms with Crippen molar-refractivity contribution in [3.05, 3.63) is 52.9 Å². The summed E-state index contributed by atoms with van der Waals surface area (Å²) in [5.74, 6) is 4.90. The van der Waals surface area contributed by atoms with E-state index >= 15 is 0 Å². The van der Waals surface area contributed by atoms with Crippen LogP contribution in [0.3, 0.4) is 0 Å². The number of aromatic amines is 1. The second-order valence-corrected chi connectivity index (χ2v) is 11.4. The van der Waals surface area contributed by atoms with Gasteiger partial charge in [0.25, 0.3) is 5.56 Å². The van der Waals surface area contributed by atoms with Gasteiger partial charge in [0.05, 0.1) is 18.1 Å². The molecule has 0 spiro atoms. The standard InChI is InChI=1S/C26H33N6O8P/c1-5-12-26(28)20(33)19(39-24(26)32-13-11-18-21(32)29-25(27)30-22(18)34)14-37-41(36,40-17-9-7-6-8-10-17)31-16(4)23(35)38-15(2)3/h6-11,13,15-16,19-20,24,33H,14,28H2,1-4H3,(H,31,36)(H3,27,29,30,34)/t16-,19+,20-,24+,26+,41?/m0/s1. The fourth-order valence-corrected chi connectivity index (χ4v) is 5.84. The van der Waals surface area contributed by atoms with Crippen LogP contribution in [0.25, 0.3) is 11.0 Å². The van der Waals surface area contributed by atoms with Crippen molar-refractivity contribution in [3.63, 3.8) is 0 Å². The summed E-state index contributed by atoms with van der Waals surface area (Å²) in [6.07, 6.45) is -2.66. The lowest BCUT2D eigenvalue weighted by molar-refractivity contribution is -0.149. The Kier molecular flexibility index (Phi) is 8.89. The highest BCUT2D eigenvalue weighted by Gasteiger charge is 2.55. The molecule has 0 bridgehead atoms. The van der Waals surface area contributed by atoms with Crippen LogP contribution in [0.2, 0.25) is 0 Å². The number of nitrogens with zero attached hydrogens (tertiary/aromatic N) is 2. The number of aliphatic hydroxyl groups excluding tert-OH is 1. The average molecular weight is 589 g/mol. The Hall–Kier alpha value is -3.70. The van der Waals surface area contributed by atoms with Gasteiger partial charge < -0.3 is 35.1 Å². The van der Waals surface area contributed by atoms with Gasteiger partial charge in [-0.05, 0) is 45.9 Å². The number of H-pyrrole nitrogens is 1. The molecule has 14 nitrogen and oxygen atoms in total. The number of aromatic nitrogens is 3. The molecule has 1 aromatic carbocycles. The van der Waals surface area contributed by atoms with Crippen LogP contribution < -0.4 is 26.6 Å². The molecule has 0 aliphatic carbocycles. The van der Waals surface area contributed by atoms with Gasteiger partial charge in [-0.2, -0.15) is 10.1 Å². The van der Waals surface area contributed by atoms with E-state index in [1.165, 1.54) is 23.8 Å². The van der Waals surface area contributed by atoms with E-state index in [-0.39, 0.29) is 22.7 Å². The summed E-state index contributed by atoms with van der Waals surface area (Å²) in [6.45, 7) is 5.87. The van der Waals surface area contributed by atoms with Gasteiger partial charge in [0.15, 0.2) is 17.4 Å². The van der Waals surface area contributed by atoms with Gasteiger partial charge >= 0.3 is 13.7 Å². The van der Waals surface area contributed by atoms with Crippen molar-refractivity contribution in [3.8, 4) is 17.6 Å². The fourth-order valence-electron chi connectivity index (χ4n) is 4.34. The highest BCUT2D eigenvalue weighted by Crippen LogP contribution is 2.47.